The van der Waals surface area contributed by atoms with Crippen molar-refractivity contribution < 1.29 is 13.9 Å². The Labute approximate surface area is 195 Å². The molecule has 7 heteroatoms. The Hall–Kier alpha value is -2.61. The van der Waals surface area contributed by atoms with Crippen molar-refractivity contribution in [2.75, 3.05) is 25.2 Å². The predicted octanol–water partition coefficient (Wildman–Crippen LogP) is 6.10. The molecule has 0 saturated carbocycles. The quantitative estimate of drug-likeness (QED) is 0.248. The second-order valence-corrected chi connectivity index (χ2v) is 9.16. The van der Waals surface area contributed by atoms with Crippen molar-refractivity contribution in [3.63, 3.8) is 0 Å². The Kier molecular flexibility index (Phi) is 7.63. The first-order valence-electron chi connectivity index (χ1n) is 10.7. The van der Waals surface area contributed by atoms with E-state index in [0.717, 1.165) is 42.6 Å². The van der Waals surface area contributed by atoms with Gasteiger partial charge < -0.3 is 18.8 Å². The van der Waals surface area contributed by atoms with Crippen LogP contribution in [0.25, 0.3) is 10.8 Å². The fourth-order valence-electron chi connectivity index (χ4n) is 3.74. The van der Waals surface area contributed by atoms with Crippen molar-refractivity contribution in [2.24, 2.45) is 0 Å². The molecule has 0 fully saturated rings. The first-order chi connectivity index (χ1) is 15.7. The van der Waals surface area contributed by atoms with Crippen LogP contribution in [0.5, 0.6) is 5.95 Å². The van der Waals surface area contributed by atoms with Crippen molar-refractivity contribution in [2.45, 2.75) is 32.9 Å². The molecule has 4 rings (SSSR count). The van der Waals surface area contributed by atoms with E-state index in [2.05, 4.69) is 51.5 Å². The molecule has 0 spiro atoms. The molecule has 32 heavy (non-hydrogen) atoms. The zero-order valence-electron chi connectivity index (χ0n) is 18.3. The Balaban J connectivity index is 1.73. The first kappa shape index (κ1) is 22.6. The molecule has 0 N–H and O–H groups in total. The molecule has 0 saturated heterocycles. The number of fused-ring (bicyclic) bond motifs is 1. The maximum atomic E-state index is 12.9. The number of anilines is 1. The Bertz CT molecular complexity index is 1150. The molecular formula is C25H27NO4S2. The van der Waals surface area contributed by atoms with E-state index >= 15 is 0 Å². The van der Waals surface area contributed by atoms with Crippen molar-refractivity contribution in [3.8, 4) is 5.95 Å². The predicted molar refractivity (Wildman–Crippen MR) is 132 cm³/mol. The SMILES string of the molecule is CCCc1c(OCCOC)oc(=O)c2cc(N(Cc3ccsc3)Cc3ccsc3)ccc12. The normalized spacial score (nSPS) is 11.2. The molecule has 0 atom stereocenters. The van der Waals surface area contributed by atoms with E-state index in [9.17, 15) is 4.79 Å². The topological polar surface area (TPSA) is 51.9 Å². The van der Waals surface area contributed by atoms with Crippen LogP contribution in [0.15, 0.2) is 61.1 Å². The summed E-state index contributed by atoms with van der Waals surface area (Å²) in [6, 6.07) is 10.4. The van der Waals surface area contributed by atoms with E-state index in [4.69, 9.17) is 13.9 Å². The number of ether oxygens (including phenoxy) is 2. The minimum absolute atomic E-state index is 0.308. The van der Waals surface area contributed by atoms with Gasteiger partial charge in [-0.05, 0) is 68.7 Å². The van der Waals surface area contributed by atoms with E-state index in [1.54, 1.807) is 29.8 Å². The number of benzene rings is 1. The minimum atomic E-state index is -0.375. The highest BCUT2D eigenvalue weighted by molar-refractivity contribution is 7.08. The van der Waals surface area contributed by atoms with Gasteiger partial charge in [0.1, 0.15) is 6.61 Å². The summed E-state index contributed by atoms with van der Waals surface area (Å²) in [6.07, 6.45) is 1.70. The van der Waals surface area contributed by atoms with Gasteiger partial charge in [0, 0.05) is 31.5 Å². The van der Waals surface area contributed by atoms with Crippen LogP contribution >= 0.6 is 22.7 Å². The number of methoxy groups -OCH3 is 1. The summed E-state index contributed by atoms with van der Waals surface area (Å²) >= 11 is 3.39. The molecule has 0 bridgehead atoms. The third kappa shape index (κ3) is 5.23. The lowest BCUT2D eigenvalue weighted by molar-refractivity contribution is 0.126. The Morgan fingerprint density at radius 2 is 1.69 bits per heavy atom. The summed E-state index contributed by atoms with van der Waals surface area (Å²) in [5, 5.41) is 10.00. The molecule has 5 nitrogen and oxygen atoms in total. The molecule has 0 aliphatic heterocycles. The molecule has 168 valence electrons. The van der Waals surface area contributed by atoms with Crippen LogP contribution in [0, 0.1) is 0 Å². The zero-order chi connectivity index (χ0) is 22.3. The van der Waals surface area contributed by atoms with Gasteiger partial charge in [-0.2, -0.15) is 22.7 Å². The number of hydrogen-bond donors (Lipinski definition) is 0. The van der Waals surface area contributed by atoms with Gasteiger partial charge in [-0.15, -0.1) is 0 Å². The van der Waals surface area contributed by atoms with Crippen LogP contribution in [0.3, 0.4) is 0 Å². The highest BCUT2D eigenvalue weighted by Gasteiger charge is 2.17. The van der Waals surface area contributed by atoms with Crippen LogP contribution in [-0.2, 0) is 24.2 Å². The summed E-state index contributed by atoms with van der Waals surface area (Å²) in [6.45, 7) is 4.43. The van der Waals surface area contributed by atoms with Gasteiger partial charge in [-0.25, -0.2) is 4.79 Å². The average molecular weight is 470 g/mol. The van der Waals surface area contributed by atoms with E-state index < -0.39 is 0 Å². The highest BCUT2D eigenvalue weighted by atomic mass is 32.1. The largest absolute Gasteiger partial charge is 0.462 e. The Morgan fingerprint density at radius 1 is 0.969 bits per heavy atom. The Morgan fingerprint density at radius 3 is 2.28 bits per heavy atom. The van der Waals surface area contributed by atoms with Crippen LogP contribution in [0.2, 0.25) is 0 Å². The lowest BCUT2D eigenvalue weighted by atomic mass is 10.0. The van der Waals surface area contributed by atoms with E-state index in [-0.39, 0.29) is 5.63 Å². The summed E-state index contributed by atoms with van der Waals surface area (Å²) < 4.78 is 16.4. The third-order valence-corrected chi connectivity index (χ3v) is 6.74. The monoisotopic (exact) mass is 469 g/mol. The second kappa shape index (κ2) is 10.8. The van der Waals surface area contributed by atoms with Crippen LogP contribution in [-0.4, -0.2) is 20.3 Å². The molecule has 1 aromatic carbocycles. The minimum Gasteiger partial charge on any atom is -0.462 e. The van der Waals surface area contributed by atoms with Gasteiger partial charge in [0.05, 0.1) is 12.0 Å². The summed E-state index contributed by atoms with van der Waals surface area (Å²) in [5.74, 6) is 0.308. The van der Waals surface area contributed by atoms with Crippen LogP contribution in [0.1, 0.15) is 30.0 Å². The van der Waals surface area contributed by atoms with Gasteiger partial charge in [-0.1, -0.05) is 19.4 Å². The summed E-state index contributed by atoms with van der Waals surface area (Å²) in [5.41, 5.74) is 4.07. The average Bonchev–Trinajstić information content (AvgIpc) is 3.50. The number of hydrogen-bond acceptors (Lipinski definition) is 7. The van der Waals surface area contributed by atoms with E-state index in [1.165, 1.54) is 11.1 Å². The molecule has 0 aliphatic carbocycles. The van der Waals surface area contributed by atoms with Gasteiger partial charge in [0.2, 0.25) is 0 Å². The lowest BCUT2D eigenvalue weighted by Crippen LogP contribution is -2.22. The molecule has 0 unspecified atom stereocenters. The van der Waals surface area contributed by atoms with E-state index in [0.29, 0.717) is 24.5 Å². The number of rotatable bonds is 11. The van der Waals surface area contributed by atoms with Crippen molar-refractivity contribution in [1.82, 2.24) is 0 Å². The number of nitrogens with zero attached hydrogens (tertiary/aromatic N) is 1. The van der Waals surface area contributed by atoms with Gasteiger partial charge in [0.25, 0.3) is 5.95 Å². The fourth-order valence-corrected chi connectivity index (χ4v) is 5.06. The number of aryl methyl sites for hydroxylation is 1. The van der Waals surface area contributed by atoms with Gasteiger partial charge in [-0.3, -0.25) is 0 Å². The van der Waals surface area contributed by atoms with Crippen molar-refractivity contribution in [3.05, 3.63) is 79.0 Å². The summed E-state index contributed by atoms with van der Waals surface area (Å²) in [4.78, 5) is 15.2. The van der Waals surface area contributed by atoms with Crippen LogP contribution < -0.4 is 15.3 Å². The second-order valence-electron chi connectivity index (χ2n) is 7.60. The number of thiophene rings is 2. The standard InChI is InChI=1S/C25H27NO4S2/c1-3-4-22-21-6-5-20(13-23(21)24(27)30-25(22)29-10-9-28-2)26(14-18-7-11-31-16-18)15-19-8-12-32-17-19/h5-8,11-13,16-17H,3-4,9-10,14-15H2,1-2H3. The maximum Gasteiger partial charge on any atom is 0.346 e. The fraction of sp³-hybridized carbons (Fsp3) is 0.320. The maximum absolute atomic E-state index is 12.9. The van der Waals surface area contributed by atoms with Crippen molar-refractivity contribution >= 4 is 39.1 Å². The van der Waals surface area contributed by atoms with E-state index in [1.807, 2.05) is 12.1 Å². The zero-order valence-corrected chi connectivity index (χ0v) is 20.0. The molecular weight excluding hydrogens is 442 g/mol. The van der Waals surface area contributed by atoms with Crippen LogP contribution in [0.4, 0.5) is 5.69 Å². The highest BCUT2D eigenvalue weighted by Crippen LogP contribution is 2.31. The molecule has 0 aliphatic rings. The third-order valence-electron chi connectivity index (χ3n) is 5.27. The first-order valence-corrected chi connectivity index (χ1v) is 12.6. The molecule has 0 amide bonds. The van der Waals surface area contributed by atoms with Gasteiger partial charge >= 0.3 is 5.63 Å². The molecule has 4 aromatic rings. The lowest BCUT2D eigenvalue weighted by Gasteiger charge is -2.25. The molecule has 0 radical (unpaired) electrons. The smallest absolute Gasteiger partial charge is 0.346 e. The molecule has 3 aromatic heterocycles. The summed E-state index contributed by atoms with van der Waals surface area (Å²) in [7, 11) is 1.62. The van der Waals surface area contributed by atoms with Gasteiger partial charge in [0.15, 0.2) is 0 Å². The molecule has 3 heterocycles. The van der Waals surface area contributed by atoms with Crippen molar-refractivity contribution in [1.29, 1.82) is 0 Å².